The van der Waals surface area contributed by atoms with Crippen LogP contribution in [0, 0.1) is 0 Å². The fraction of sp³-hybridized carbons (Fsp3) is 0.667. The number of hydrogen-bond acceptors (Lipinski definition) is 4. The summed E-state index contributed by atoms with van der Waals surface area (Å²) in [5.41, 5.74) is 0. The van der Waals surface area contributed by atoms with Crippen molar-refractivity contribution in [3.8, 4) is 0 Å². The molecule has 2 N–H and O–H groups in total. The molecule has 1 heterocycles. The topological polar surface area (TPSA) is 83.7 Å². The van der Waals surface area contributed by atoms with Gasteiger partial charge in [-0.2, -0.15) is 0 Å². The number of furan rings is 1. The maximum absolute atomic E-state index is 12.0. The van der Waals surface area contributed by atoms with E-state index in [1.165, 1.54) is 0 Å². The van der Waals surface area contributed by atoms with E-state index >= 15 is 0 Å². The Morgan fingerprint density at radius 2 is 2.05 bits per heavy atom. The van der Waals surface area contributed by atoms with E-state index in [0.29, 0.717) is 12.5 Å². The van der Waals surface area contributed by atoms with Gasteiger partial charge in [-0.3, -0.25) is 4.99 Å². The highest BCUT2D eigenvalue weighted by atomic mass is 32.2. The molecule has 1 aromatic rings. The molecule has 22 heavy (non-hydrogen) atoms. The summed E-state index contributed by atoms with van der Waals surface area (Å²) >= 11 is 0. The summed E-state index contributed by atoms with van der Waals surface area (Å²) in [6.45, 7) is 8.73. The highest BCUT2D eigenvalue weighted by Crippen LogP contribution is 2.15. The van der Waals surface area contributed by atoms with E-state index in [2.05, 4.69) is 15.6 Å². The SMILES string of the molecule is CCNC(=NCCS(=O)(=O)C(C)(C)C)NCCc1ccco1. The van der Waals surface area contributed by atoms with Gasteiger partial charge in [-0.1, -0.05) is 0 Å². The molecule has 0 aromatic carbocycles. The molecule has 6 nitrogen and oxygen atoms in total. The first-order chi connectivity index (χ1) is 10.3. The average Bonchev–Trinajstić information content (AvgIpc) is 2.90. The lowest BCUT2D eigenvalue weighted by Gasteiger charge is -2.18. The van der Waals surface area contributed by atoms with Gasteiger partial charge < -0.3 is 15.1 Å². The second-order valence-corrected chi connectivity index (χ2v) is 8.81. The molecular formula is C15H27N3O3S. The highest BCUT2D eigenvalue weighted by Gasteiger charge is 2.28. The van der Waals surface area contributed by atoms with E-state index < -0.39 is 14.6 Å². The van der Waals surface area contributed by atoms with Crippen LogP contribution in [0.5, 0.6) is 0 Å². The second kappa shape index (κ2) is 8.22. The van der Waals surface area contributed by atoms with Crippen molar-refractivity contribution in [1.82, 2.24) is 10.6 Å². The lowest BCUT2D eigenvalue weighted by molar-refractivity contribution is 0.507. The maximum atomic E-state index is 12.0. The molecule has 1 rings (SSSR count). The quantitative estimate of drug-likeness (QED) is 0.586. The Morgan fingerprint density at radius 3 is 2.59 bits per heavy atom. The molecule has 0 radical (unpaired) electrons. The number of aliphatic imine (C=N–C) groups is 1. The molecule has 0 fully saturated rings. The van der Waals surface area contributed by atoms with Crippen LogP contribution in [0.15, 0.2) is 27.8 Å². The fourth-order valence-electron chi connectivity index (χ4n) is 1.68. The van der Waals surface area contributed by atoms with Gasteiger partial charge in [-0.25, -0.2) is 8.42 Å². The molecule has 0 unspecified atom stereocenters. The number of guanidine groups is 1. The van der Waals surface area contributed by atoms with Crippen molar-refractivity contribution in [2.45, 2.75) is 38.9 Å². The monoisotopic (exact) mass is 329 g/mol. The number of nitrogens with zero attached hydrogens (tertiary/aromatic N) is 1. The Bertz CT molecular complexity index is 557. The van der Waals surface area contributed by atoms with E-state index in [0.717, 1.165) is 18.7 Å². The Balaban J connectivity index is 2.48. The average molecular weight is 329 g/mol. The summed E-state index contributed by atoms with van der Waals surface area (Å²) < 4.78 is 28.6. The van der Waals surface area contributed by atoms with Gasteiger partial charge >= 0.3 is 0 Å². The van der Waals surface area contributed by atoms with Crippen LogP contribution in [-0.2, 0) is 16.3 Å². The largest absolute Gasteiger partial charge is 0.469 e. The van der Waals surface area contributed by atoms with Crippen molar-refractivity contribution in [3.63, 3.8) is 0 Å². The van der Waals surface area contributed by atoms with Crippen molar-refractivity contribution < 1.29 is 12.8 Å². The molecule has 0 atom stereocenters. The zero-order chi connectivity index (χ0) is 16.6. The van der Waals surface area contributed by atoms with Crippen molar-refractivity contribution in [2.75, 3.05) is 25.4 Å². The first-order valence-electron chi connectivity index (χ1n) is 7.53. The third kappa shape index (κ3) is 6.09. The van der Waals surface area contributed by atoms with Gasteiger partial charge in [0.25, 0.3) is 0 Å². The molecule has 0 saturated heterocycles. The third-order valence-electron chi connectivity index (χ3n) is 3.15. The Kier molecular flexibility index (Phi) is 6.93. The zero-order valence-corrected chi connectivity index (χ0v) is 14.7. The molecule has 0 aliphatic carbocycles. The number of nitrogens with one attached hydrogen (secondary N) is 2. The van der Waals surface area contributed by atoms with E-state index in [1.54, 1.807) is 27.0 Å². The summed E-state index contributed by atoms with van der Waals surface area (Å²) in [7, 11) is -3.14. The predicted molar refractivity (Wildman–Crippen MR) is 89.9 cm³/mol. The van der Waals surface area contributed by atoms with E-state index in [1.807, 2.05) is 19.1 Å². The molecule has 0 amide bonds. The molecule has 0 spiro atoms. The zero-order valence-electron chi connectivity index (χ0n) is 13.8. The van der Waals surface area contributed by atoms with E-state index in [9.17, 15) is 8.42 Å². The molecular weight excluding hydrogens is 302 g/mol. The van der Waals surface area contributed by atoms with Gasteiger partial charge in [-0.15, -0.1) is 0 Å². The molecule has 0 aliphatic rings. The number of hydrogen-bond donors (Lipinski definition) is 2. The van der Waals surface area contributed by atoms with Crippen LogP contribution in [0.3, 0.4) is 0 Å². The van der Waals surface area contributed by atoms with Crippen LogP contribution in [0.4, 0.5) is 0 Å². The minimum absolute atomic E-state index is 0.0469. The summed E-state index contributed by atoms with van der Waals surface area (Å²) in [6, 6.07) is 3.77. The van der Waals surface area contributed by atoms with Crippen LogP contribution in [-0.4, -0.2) is 44.5 Å². The van der Waals surface area contributed by atoms with Gasteiger partial charge in [0, 0.05) is 19.5 Å². The van der Waals surface area contributed by atoms with Crippen LogP contribution in [0.25, 0.3) is 0 Å². The van der Waals surface area contributed by atoms with Gasteiger partial charge in [-0.05, 0) is 39.8 Å². The van der Waals surface area contributed by atoms with E-state index in [4.69, 9.17) is 4.42 Å². The van der Waals surface area contributed by atoms with Crippen LogP contribution < -0.4 is 10.6 Å². The summed E-state index contributed by atoms with van der Waals surface area (Å²) in [4.78, 5) is 4.32. The van der Waals surface area contributed by atoms with Crippen molar-refractivity contribution >= 4 is 15.8 Å². The number of sulfone groups is 1. The molecule has 0 aliphatic heterocycles. The van der Waals surface area contributed by atoms with Gasteiger partial charge in [0.15, 0.2) is 15.8 Å². The normalized spacial score (nSPS) is 13.2. The van der Waals surface area contributed by atoms with Gasteiger partial charge in [0.2, 0.25) is 0 Å². The minimum atomic E-state index is -3.14. The van der Waals surface area contributed by atoms with Crippen LogP contribution >= 0.6 is 0 Å². The van der Waals surface area contributed by atoms with Crippen LogP contribution in [0.1, 0.15) is 33.5 Å². The third-order valence-corrected chi connectivity index (χ3v) is 5.74. The first kappa shape index (κ1) is 18.5. The fourth-order valence-corrected chi connectivity index (χ4v) is 2.63. The summed E-state index contributed by atoms with van der Waals surface area (Å²) in [6.07, 6.45) is 2.39. The Labute approximate surface area is 133 Å². The second-order valence-electron chi connectivity index (χ2n) is 5.95. The van der Waals surface area contributed by atoms with Gasteiger partial charge in [0.05, 0.1) is 23.3 Å². The Morgan fingerprint density at radius 1 is 1.32 bits per heavy atom. The van der Waals surface area contributed by atoms with Crippen molar-refractivity contribution in [1.29, 1.82) is 0 Å². The summed E-state index contributed by atoms with van der Waals surface area (Å²) in [5, 5.41) is 6.27. The number of rotatable bonds is 7. The lowest BCUT2D eigenvalue weighted by atomic mass is 10.3. The molecule has 0 saturated carbocycles. The smallest absolute Gasteiger partial charge is 0.191 e. The molecule has 1 aromatic heterocycles. The highest BCUT2D eigenvalue weighted by molar-refractivity contribution is 7.92. The Hall–Kier alpha value is -1.50. The molecule has 7 heteroatoms. The van der Waals surface area contributed by atoms with Crippen LogP contribution in [0.2, 0.25) is 0 Å². The molecule has 126 valence electrons. The maximum Gasteiger partial charge on any atom is 0.191 e. The predicted octanol–water partition coefficient (Wildman–Crippen LogP) is 1.59. The van der Waals surface area contributed by atoms with Gasteiger partial charge in [0.1, 0.15) is 5.76 Å². The molecule has 0 bridgehead atoms. The van der Waals surface area contributed by atoms with Crippen molar-refractivity contribution in [2.24, 2.45) is 4.99 Å². The first-order valence-corrected chi connectivity index (χ1v) is 9.18. The standard InChI is InChI=1S/C15H27N3O3S/c1-5-16-14(17-9-8-13-7-6-11-21-13)18-10-12-22(19,20)15(2,3)4/h6-7,11H,5,8-10,12H2,1-4H3,(H2,16,17,18). The van der Waals surface area contributed by atoms with E-state index in [-0.39, 0.29) is 12.3 Å². The lowest BCUT2D eigenvalue weighted by Crippen LogP contribution is -2.39. The minimum Gasteiger partial charge on any atom is -0.469 e. The summed E-state index contributed by atoms with van der Waals surface area (Å²) in [5.74, 6) is 1.57. The van der Waals surface area contributed by atoms with Crippen molar-refractivity contribution in [3.05, 3.63) is 24.2 Å².